The monoisotopic (exact) mass is 352 g/mol. The number of piperidine rings is 1. The molecule has 0 bridgehead atoms. The van der Waals surface area contributed by atoms with Gasteiger partial charge in [-0.25, -0.2) is 9.50 Å². The predicted octanol–water partition coefficient (Wildman–Crippen LogP) is 2.65. The fraction of sp³-hybridized carbons (Fsp3) is 0.474. The highest BCUT2D eigenvalue weighted by atomic mass is 16.2. The third kappa shape index (κ3) is 2.87. The van der Waals surface area contributed by atoms with Crippen LogP contribution in [0.2, 0.25) is 0 Å². The smallest absolute Gasteiger partial charge is 0.272 e. The Morgan fingerprint density at radius 3 is 3.00 bits per heavy atom. The largest absolute Gasteiger partial charge is 0.337 e. The molecule has 7 nitrogen and oxygen atoms in total. The summed E-state index contributed by atoms with van der Waals surface area (Å²) in [4.78, 5) is 19.5. The Balaban J connectivity index is 1.60. The van der Waals surface area contributed by atoms with Gasteiger partial charge in [-0.15, -0.1) is 0 Å². The lowest BCUT2D eigenvalue weighted by molar-refractivity contribution is 0.0699. The molecule has 3 aromatic rings. The number of carbonyl (C=O) groups excluding carboxylic acids is 1. The number of amides is 1. The fourth-order valence-corrected chi connectivity index (χ4v) is 3.86. The predicted molar refractivity (Wildman–Crippen MR) is 98.3 cm³/mol. The van der Waals surface area contributed by atoms with Crippen molar-refractivity contribution in [2.75, 3.05) is 13.1 Å². The van der Waals surface area contributed by atoms with Crippen molar-refractivity contribution in [3.8, 4) is 0 Å². The summed E-state index contributed by atoms with van der Waals surface area (Å²) >= 11 is 0. The molecule has 1 fully saturated rings. The van der Waals surface area contributed by atoms with Gasteiger partial charge >= 0.3 is 0 Å². The number of hydrogen-bond acceptors (Lipinski definition) is 4. The molecular formula is C19H24N6O. The van der Waals surface area contributed by atoms with E-state index in [9.17, 15) is 4.79 Å². The molecule has 3 aromatic heterocycles. The minimum absolute atomic E-state index is 0.00304. The summed E-state index contributed by atoms with van der Waals surface area (Å²) < 4.78 is 1.78. The standard InChI is InChI=1S/C19H24N6O/c1-4-14-10-20-22-18(14)15-6-5-7-24(11-15)19(26)16-9-13(3)25-17(21-16)8-12(2)23-25/h8-10,15H,4-7,11H2,1-3H3,(H,20,22)/t15-/m1/s1. The number of aryl methyl sites for hydroxylation is 3. The van der Waals surface area contributed by atoms with Crippen LogP contribution in [0.15, 0.2) is 18.3 Å². The Hall–Kier alpha value is -2.70. The van der Waals surface area contributed by atoms with Crippen LogP contribution in [0.25, 0.3) is 5.65 Å². The van der Waals surface area contributed by atoms with Crippen molar-refractivity contribution >= 4 is 11.6 Å². The second kappa shape index (κ2) is 6.55. The van der Waals surface area contributed by atoms with Crippen LogP contribution >= 0.6 is 0 Å². The van der Waals surface area contributed by atoms with Crippen molar-refractivity contribution in [3.05, 3.63) is 46.7 Å². The van der Waals surface area contributed by atoms with Crippen LogP contribution in [0.1, 0.15) is 58.8 Å². The van der Waals surface area contributed by atoms with E-state index in [-0.39, 0.29) is 5.91 Å². The number of nitrogens with zero attached hydrogens (tertiary/aromatic N) is 5. The highest BCUT2D eigenvalue weighted by Gasteiger charge is 2.28. The lowest BCUT2D eigenvalue weighted by atomic mass is 9.92. The van der Waals surface area contributed by atoms with Crippen molar-refractivity contribution < 1.29 is 4.79 Å². The van der Waals surface area contributed by atoms with Gasteiger partial charge in [-0.05, 0) is 44.7 Å². The fourth-order valence-electron chi connectivity index (χ4n) is 3.86. The zero-order chi connectivity index (χ0) is 18.3. The van der Waals surface area contributed by atoms with Crippen molar-refractivity contribution in [1.29, 1.82) is 0 Å². The zero-order valence-corrected chi connectivity index (χ0v) is 15.5. The molecule has 4 heterocycles. The topological polar surface area (TPSA) is 79.2 Å². The molecule has 0 spiro atoms. The molecule has 4 rings (SSSR count). The second-order valence-corrected chi connectivity index (χ2v) is 7.09. The number of H-pyrrole nitrogens is 1. The van der Waals surface area contributed by atoms with Gasteiger partial charge in [0, 0.05) is 36.5 Å². The van der Waals surface area contributed by atoms with E-state index in [1.54, 1.807) is 4.52 Å². The highest BCUT2D eigenvalue weighted by Crippen LogP contribution is 2.28. The summed E-state index contributed by atoms with van der Waals surface area (Å²) in [7, 11) is 0. The first-order valence-corrected chi connectivity index (χ1v) is 9.22. The maximum atomic E-state index is 13.1. The van der Waals surface area contributed by atoms with E-state index in [2.05, 4.69) is 27.2 Å². The van der Waals surface area contributed by atoms with Crippen LogP contribution in [-0.4, -0.2) is 48.7 Å². The summed E-state index contributed by atoms with van der Waals surface area (Å²) in [6, 6.07) is 3.74. The van der Waals surface area contributed by atoms with Crippen LogP contribution in [-0.2, 0) is 6.42 Å². The summed E-state index contributed by atoms with van der Waals surface area (Å²) in [5.74, 6) is 0.309. The minimum Gasteiger partial charge on any atom is -0.337 e. The van der Waals surface area contributed by atoms with Crippen molar-refractivity contribution in [1.82, 2.24) is 29.7 Å². The number of aromatic nitrogens is 5. The molecule has 0 aliphatic carbocycles. The number of hydrogen-bond donors (Lipinski definition) is 1. The molecular weight excluding hydrogens is 328 g/mol. The third-order valence-corrected chi connectivity index (χ3v) is 5.20. The van der Waals surface area contributed by atoms with Gasteiger partial charge in [0.15, 0.2) is 5.65 Å². The molecule has 1 N–H and O–H groups in total. The molecule has 0 radical (unpaired) electrons. The molecule has 136 valence electrons. The second-order valence-electron chi connectivity index (χ2n) is 7.09. The third-order valence-electron chi connectivity index (χ3n) is 5.20. The molecule has 0 aromatic carbocycles. The van der Waals surface area contributed by atoms with Gasteiger partial charge < -0.3 is 4.90 Å². The SMILES string of the molecule is CCc1cn[nH]c1[C@@H]1CCCN(C(=O)c2cc(C)n3nc(C)cc3n2)C1. The molecule has 1 aliphatic rings. The molecule has 0 unspecified atom stereocenters. The Morgan fingerprint density at radius 1 is 1.35 bits per heavy atom. The maximum Gasteiger partial charge on any atom is 0.272 e. The molecule has 7 heteroatoms. The van der Waals surface area contributed by atoms with Crippen LogP contribution in [0.3, 0.4) is 0 Å². The average Bonchev–Trinajstić information content (AvgIpc) is 3.27. The minimum atomic E-state index is -0.00304. The molecule has 1 saturated heterocycles. The number of likely N-dealkylation sites (tertiary alicyclic amines) is 1. The molecule has 0 saturated carbocycles. The summed E-state index contributed by atoms with van der Waals surface area (Å²) in [6.45, 7) is 7.50. The van der Waals surface area contributed by atoms with Gasteiger partial charge in [-0.2, -0.15) is 10.2 Å². The van der Waals surface area contributed by atoms with Crippen LogP contribution in [0, 0.1) is 13.8 Å². The van der Waals surface area contributed by atoms with E-state index < -0.39 is 0 Å². The van der Waals surface area contributed by atoms with Crippen molar-refractivity contribution in [2.24, 2.45) is 0 Å². The molecule has 26 heavy (non-hydrogen) atoms. The number of nitrogens with one attached hydrogen (secondary N) is 1. The van der Waals surface area contributed by atoms with Crippen LogP contribution in [0.4, 0.5) is 0 Å². The van der Waals surface area contributed by atoms with Crippen LogP contribution in [0.5, 0.6) is 0 Å². The van der Waals surface area contributed by atoms with Gasteiger partial charge in [0.2, 0.25) is 0 Å². The van der Waals surface area contributed by atoms with E-state index in [0.29, 0.717) is 18.2 Å². The van der Waals surface area contributed by atoms with E-state index in [4.69, 9.17) is 0 Å². The van der Waals surface area contributed by atoms with Gasteiger partial charge in [-0.3, -0.25) is 9.89 Å². The Labute approximate surface area is 152 Å². The molecule has 1 aliphatic heterocycles. The van der Waals surface area contributed by atoms with E-state index in [1.807, 2.05) is 37.1 Å². The van der Waals surface area contributed by atoms with E-state index in [0.717, 1.165) is 42.8 Å². The average molecular weight is 352 g/mol. The summed E-state index contributed by atoms with van der Waals surface area (Å²) in [6.07, 6.45) is 4.92. The maximum absolute atomic E-state index is 13.1. The Kier molecular flexibility index (Phi) is 4.22. The van der Waals surface area contributed by atoms with E-state index >= 15 is 0 Å². The Bertz CT molecular complexity index is 956. The summed E-state index contributed by atoms with van der Waals surface area (Å²) in [5, 5.41) is 11.7. The quantitative estimate of drug-likeness (QED) is 0.786. The zero-order valence-electron chi connectivity index (χ0n) is 15.5. The lowest BCUT2D eigenvalue weighted by Gasteiger charge is -2.32. The lowest BCUT2D eigenvalue weighted by Crippen LogP contribution is -2.39. The highest BCUT2D eigenvalue weighted by molar-refractivity contribution is 5.93. The van der Waals surface area contributed by atoms with Gasteiger partial charge in [-0.1, -0.05) is 6.92 Å². The van der Waals surface area contributed by atoms with E-state index in [1.165, 1.54) is 11.3 Å². The Morgan fingerprint density at radius 2 is 2.19 bits per heavy atom. The number of carbonyl (C=O) groups is 1. The summed E-state index contributed by atoms with van der Waals surface area (Å²) in [5.41, 5.74) is 5.46. The first-order chi connectivity index (χ1) is 12.6. The van der Waals surface area contributed by atoms with Gasteiger partial charge in [0.1, 0.15) is 5.69 Å². The van der Waals surface area contributed by atoms with Crippen LogP contribution < -0.4 is 0 Å². The van der Waals surface area contributed by atoms with Gasteiger partial charge in [0.05, 0.1) is 11.9 Å². The normalized spacial score (nSPS) is 17.8. The number of aromatic amines is 1. The number of fused-ring (bicyclic) bond motifs is 1. The first-order valence-electron chi connectivity index (χ1n) is 9.22. The van der Waals surface area contributed by atoms with Crippen molar-refractivity contribution in [3.63, 3.8) is 0 Å². The van der Waals surface area contributed by atoms with Gasteiger partial charge in [0.25, 0.3) is 5.91 Å². The molecule has 1 atom stereocenters. The van der Waals surface area contributed by atoms with Crippen molar-refractivity contribution in [2.45, 2.75) is 46.0 Å². The first kappa shape index (κ1) is 16.8. The molecule has 1 amide bonds. The number of rotatable bonds is 3.